The molecular weight excluding hydrogens is 248 g/mol. The number of halogens is 1. The van der Waals surface area contributed by atoms with E-state index in [0.717, 1.165) is 5.69 Å². The Morgan fingerprint density at radius 2 is 2.07 bits per heavy atom. The fourth-order valence-electron chi connectivity index (χ4n) is 1.07. The highest BCUT2D eigenvalue weighted by atomic mass is 79.9. The van der Waals surface area contributed by atoms with Crippen molar-refractivity contribution in [3.05, 3.63) is 16.7 Å². The minimum absolute atomic E-state index is 0.389. The zero-order valence-corrected chi connectivity index (χ0v) is 8.93. The summed E-state index contributed by atoms with van der Waals surface area (Å²) in [6, 6.07) is 3.45. The Hall–Kier alpha value is -1.50. The lowest BCUT2D eigenvalue weighted by molar-refractivity contribution is 0.717. The predicted octanol–water partition coefficient (Wildman–Crippen LogP) is 0.617. The van der Waals surface area contributed by atoms with E-state index in [1.165, 1.54) is 0 Å². The van der Waals surface area contributed by atoms with Gasteiger partial charge in [0.15, 0.2) is 4.60 Å². The number of nitrogen functional groups attached to an aromatic ring is 1. The van der Waals surface area contributed by atoms with E-state index in [9.17, 15) is 0 Å². The molecule has 0 aliphatic carbocycles. The second-order valence-corrected chi connectivity index (χ2v) is 3.45. The number of aromatic nitrogens is 5. The molecule has 14 heavy (non-hydrogen) atoms. The topological polar surface area (TPSA) is 82.5 Å². The molecule has 72 valence electrons. The minimum Gasteiger partial charge on any atom is -0.382 e. The summed E-state index contributed by atoms with van der Waals surface area (Å²) in [5.74, 6) is 0.389. The van der Waals surface area contributed by atoms with Gasteiger partial charge in [-0.1, -0.05) is 5.21 Å². The number of hydrogen-bond donors (Lipinski definition) is 1. The molecule has 0 spiro atoms. The van der Waals surface area contributed by atoms with Gasteiger partial charge >= 0.3 is 0 Å². The quantitative estimate of drug-likeness (QED) is 0.807. The Kier molecular flexibility index (Phi) is 2.16. The van der Waals surface area contributed by atoms with E-state index in [1.807, 2.05) is 0 Å². The highest BCUT2D eigenvalue weighted by Gasteiger charge is 2.11. The van der Waals surface area contributed by atoms with Crippen LogP contribution in [0.2, 0.25) is 0 Å². The average Bonchev–Trinajstić information content (AvgIpc) is 2.49. The summed E-state index contributed by atoms with van der Waals surface area (Å²) in [5.41, 5.74) is 6.89. The predicted molar refractivity (Wildman–Crippen MR) is 54.1 cm³/mol. The lowest BCUT2D eigenvalue weighted by Crippen LogP contribution is -1.98. The third-order valence-electron chi connectivity index (χ3n) is 1.71. The van der Waals surface area contributed by atoms with Crippen LogP contribution < -0.4 is 5.73 Å². The molecule has 0 fully saturated rings. The van der Waals surface area contributed by atoms with Gasteiger partial charge in [-0.3, -0.25) is 0 Å². The molecule has 2 aromatic rings. The summed E-state index contributed by atoms with van der Waals surface area (Å²) < 4.78 is 2.25. The van der Waals surface area contributed by atoms with Crippen molar-refractivity contribution in [1.29, 1.82) is 0 Å². The van der Waals surface area contributed by atoms with E-state index in [-0.39, 0.29) is 0 Å². The Morgan fingerprint density at radius 3 is 2.57 bits per heavy atom. The van der Waals surface area contributed by atoms with E-state index < -0.39 is 0 Å². The van der Waals surface area contributed by atoms with Crippen LogP contribution in [0.5, 0.6) is 0 Å². The standard InChI is InChI=1S/C7H7BrN6/c1-14-6(7(8)12-13-14)4-2-3-5(9)11-10-4/h2-3H,1H3,(H2,9,11). The molecule has 2 heterocycles. The number of aryl methyl sites for hydroxylation is 1. The number of nitrogens with zero attached hydrogens (tertiary/aromatic N) is 5. The molecule has 2 N–H and O–H groups in total. The van der Waals surface area contributed by atoms with Gasteiger partial charge < -0.3 is 5.73 Å². The first-order chi connectivity index (χ1) is 6.68. The third-order valence-corrected chi connectivity index (χ3v) is 2.25. The fraction of sp³-hybridized carbons (Fsp3) is 0.143. The van der Waals surface area contributed by atoms with E-state index in [0.29, 0.717) is 16.1 Å². The van der Waals surface area contributed by atoms with Crippen LogP contribution in [-0.4, -0.2) is 25.2 Å². The monoisotopic (exact) mass is 254 g/mol. The molecule has 0 atom stereocenters. The van der Waals surface area contributed by atoms with E-state index in [4.69, 9.17) is 5.73 Å². The summed E-state index contributed by atoms with van der Waals surface area (Å²) in [6.45, 7) is 0. The van der Waals surface area contributed by atoms with E-state index in [1.54, 1.807) is 23.9 Å². The van der Waals surface area contributed by atoms with Crippen molar-refractivity contribution in [2.45, 2.75) is 0 Å². The van der Waals surface area contributed by atoms with Gasteiger partial charge in [-0.25, -0.2) is 4.68 Å². The van der Waals surface area contributed by atoms with Crippen molar-refractivity contribution < 1.29 is 0 Å². The van der Waals surface area contributed by atoms with Gasteiger partial charge in [0.25, 0.3) is 0 Å². The van der Waals surface area contributed by atoms with Crippen LogP contribution in [0.4, 0.5) is 5.82 Å². The normalized spacial score (nSPS) is 10.4. The maximum absolute atomic E-state index is 5.43. The first-order valence-electron chi connectivity index (χ1n) is 3.83. The van der Waals surface area contributed by atoms with Crippen LogP contribution in [0.1, 0.15) is 0 Å². The van der Waals surface area contributed by atoms with Crippen molar-refractivity contribution in [2.24, 2.45) is 7.05 Å². The molecular formula is C7H7BrN6. The zero-order chi connectivity index (χ0) is 10.1. The Bertz CT molecular complexity index is 428. The molecule has 0 aliphatic heterocycles. The molecule has 0 amide bonds. The van der Waals surface area contributed by atoms with Gasteiger partial charge in [0.2, 0.25) is 0 Å². The molecule has 0 saturated carbocycles. The third kappa shape index (κ3) is 1.46. The molecule has 0 aromatic carbocycles. The number of hydrogen-bond acceptors (Lipinski definition) is 5. The van der Waals surface area contributed by atoms with Crippen molar-refractivity contribution in [1.82, 2.24) is 25.2 Å². The van der Waals surface area contributed by atoms with Gasteiger partial charge in [-0.2, -0.15) is 0 Å². The van der Waals surface area contributed by atoms with Crippen molar-refractivity contribution in [2.75, 3.05) is 5.73 Å². The highest BCUT2D eigenvalue weighted by Crippen LogP contribution is 2.22. The van der Waals surface area contributed by atoms with Crippen LogP contribution in [0.15, 0.2) is 16.7 Å². The van der Waals surface area contributed by atoms with Crippen LogP contribution >= 0.6 is 15.9 Å². The van der Waals surface area contributed by atoms with Gasteiger partial charge in [0.05, 0.1) is 0 Å². The van der Waals surface area contributed by atoms with Gasteiger partial charge in [0, 0.05) is 7.05 Å². The summed E-state index contributed by atoms with van der Waals surface area (Å²) in [5, 5.41) is 15.4. The van der Waals surface area contributed by atoms with Crippen LogP contribution in [0.3, 0.4) is 0 Å². The summed E-state index contributed by atoms with van der Waals surface area (Å²) >= 11 is 3.28. The van der Waals surface area contributed by atoms with E-state index in [2.05, 4.69) is 36.4 Å². The molecule has 7 heteroatoms. The summed E-state index contributed by atoms with van der Waals surface area (Å²) in [6.07, 6.45) is 0. The molecule has 0 bridgehead atoms. The lowest BCUT2D eigenvalue weighted by atomic mass is 10.3. The number of anilines is 1. The molecule has 6 nitrogen and oxygen atoms in total. The van der Waals surface area contributed by atoms with Gasteiger partial charge in [-0.05, 0) is 28.1 Å². The Morgan fingerprint density at radius 1 is 1.29 bits per heavy atom. The maximum atomic E-state index is 5.43. The van der Waals surface area contributed by atoms with Crippen molar-refractivity contribution in [3.63, 3.8) is 0 Å². The number of nitrogens with two attached hydrogens (primary N) is 1. The first-order valence-corrected chi connectivity index (χ1v) is 4.62. The molecule has 0 radical (unpaired) electrons. The number of rotatable bonds is 1. The molecule has 0 saturated heterocycles. The minimum atomic E-state index is 0.389. The van der Waals surface area contributed by atoms with Gasteiger partial charge in [0.1, 0.15) is 17.2 Å². The largest absolute Gasteiger partial charge is 0.382 e. The smallest absolute Gasteiger partial charge is 0.158 e. The highest BCUT2D eigenvalue weighted by molar-refractivity contribution is 9.10. The molecule has 2 rings (SSSR count). The zero-order valence-electron chi connectivity index (χ0n) is 7.35. The lowest BCUT2D eigenvalue weighted by Gasteiger charge is -1.99. The van der Waals surface area contributed by atoms with Crippen LogP contribution in [-0.2, 0) is 7.05 Å². The second kappa shape index (κ2) is 3.33. The van der Waals surface area contributed by atoms with Crippen LogP contribution in [0.25, 0.3) is 11.4 Å². The second-order valence-electron chi connectivity index (χ2n) is 2.70. The van der Waals surface area contributed by atoms with E-state index >= 15 is 0 Å². The Balaban J connectivity index is 2.54. The molecule has 2 aromatic heterocycles. The Labute approximate surface area is 88.3 Å². The van der Waals surface area contributed by atoms with Crippen molar-refractivity contribution in [3.8, 4) is 11.4 Å². The maximum Gasteiger partial charge on any atom is 0.158 e. The molecule has 0 aliphatic rings. The molecule has 0 unspecified atom stereocenters. The summed E-state index contributed by atoms with van der Waals surface area (Å²) in [4.78, 5) is 0. The average molecular weight is 255 g/mol. The first kappa shape index (κ1) is 9.07. The van der Waals surface area contributed by atoms with Gasteiger partial charge in [-0.15, -0.1) is 15.3 Å². The SMILES string of the molecule is Cn1nnc(Br)c1-c1ccc(N)nn1. The fourth-order valence-corrected chi connectivity index (χ4v) is 1.60. The van der Waals surface area contributed by atoms with Crippen molar-refractivity contribution >= 4 is 21.7 Å². The van der Waals surface area contributed by atoms with Crippen LogP contribution in [0, 0.1) is 0 Å². The summed E-state index contributed by atoms with van der Waals surface area (Å²) in [7, 11) is 1.78.